The van der Waals surface area contributed by atoms with Crippen LogP contribution in [-0.4, -0.2) is 22.3 Å². The highest BCUT2D eigenvalue weighted by Crippen LogP contribution is 2.37. The van der Waals surface area contributed by atoms with Crippen LogP contribution in [0.2, 0.25) is 5.02 Å². The molecule has 1 aromatic heterocycles. The Hall–Kier alpha value is -2.50. The van der Waals surface area contributed by atoms with Crippen molar-refractivity contribution < 1.29 is 9.47 Å². The topological polar surface area (TPSA) is 59.2 Å². The van der Waals surface area contributed by atoms with Gasteiger partial charge in [-0.05, 0) is 74.8 Å². The highest BCUT2D eigenvalue weighted by molar-refractivity contribution is 6.31. The van der Waals surface area contributed by atoms with E-state index in [1.807, 2.05) is 6.07 Å². The van der Waals surface area contributed by atoms with Gasteiger partial charge >= 0.3 is 0 Å². The van der Waals surface area contributed by atoms with Crippen molar-refractivity contribution in [1.82, 2.24) is 15.5 Å². The fourth-order valence-electron chi connectivity index (χ4n) is 4.90. The molecule has 32 heavy (non-hydrogen) atoms. The molecular formula is C26H30ClN3O2. The number of benzene rings is 2. The summed E-state index contributed by atoms with van der Waals surface area (Å²) in [6.07, 6.45) is 8.34. The first-order chi connectivity index (χ1) is 15.7. The Morgan fingerprint density at radius 1 is 1.09 bits per heavy atom. The Labute approximate surface area is 194 Å². The van der Waals surface area contributed by atoms with Gasteiger partial charge in [0.05, 0.1) is 23.0 Å². The number of aryl methyl sites for hydroxylation is 1. The molecule has 5 rings (SSSR count). The highest BCUT2D eigenvalue weighted by atomic mass is 35.5. The summed E-state index contributed by atoms with van der Waals surface area (Å²) >= 11 is 6.19. The van der Waals surface area contributed by atoms with Crippen molar-refractivity contribution in [3.8, 4) is 11.5 Å². The molecule has 2 aromatic carbocycles. The molecule has 2 atom stereocenters. The van der Waals surface area contributed by atoms with E-state index in [2.05, 4.69) is 64.9 Å². The Balaban J connectivity index is 1.13. The average Bonchev–Trinajstić information content (AvgIpc) is 3.26. The average molecular weight is 452 g/mol. The van der Waals surface area contributed by atoms with Gasteiger partial charge in [-0.2, -0.15) is 5.10 Å². The number of aromatic nitrogens is 2. The van der Waals surface area contributed by atoms with Crippen LogP contribution in [0.5, 0.6) is 11.5 Å². The number of rotatable bonds is 6. The molecule has 3 aromatic rings. The second-order valence-electron chi connectivity index (χ2n) is 8.94. The zero-order valence-electron chi connectivity index (χ0n) is 18.4. The molecule has 2 heterocycles. The third-order valence-corrected chi connectivity index (χ3v) is 6.97. The second kappa shape index (κ2) is 9.55. The SMILES string of the molecule is CC(NC1CCC(Oc2ccc3c(c2)CCC(c2ccccc2)O3)CC1)c1[nH]ncc1Cl. The third-order valence-electron chi connectivity index (χ3n) is 6.66. The van der Waals surface area contributed by atoms with Crippen molar-refractivity contribution in [3.63, 3.8) is 0 Å². The number of nitrogens with zero attached hydrogens (tertiary/aromatic N) is 1. The fraction of sp³-hybridized carbons (Fsp3) is 0.423. The lowest BCUT2D eigenvalue weighted by Crippen LogP contribution is -2.37. The van der Waals surface area contributed by atoms with E-state index in [1.54, 1.807) is 6.20 Å². The molecule has 1 aliphatic heterocycles. The summed E-state index contributed by atoms with van der Waals surface area (Å²) in [6, 6.07) is 17.4. The highest BCUT2D eigenvalue weighted by Gasteiger charge is 2.26. The predicted molar refractivity (Wildman–Crippen MR) is 126 cm³/mol. The normalized spacial score (nSPS) is 23.8. The van der Waals surface area contributed by atoms with Crippen molar-refractivity contribution in [2.45, 2.75) is 69.7 Å². The Morgan fingerprint density at radius 2 is 1.91 bits per heavy atom. The van der Waals surface area contributed by atoms with E-state index in [4.69, 9.17) is 21.1 Å². The number of halogens is 1. The van der Waals surface area contributed by atoms with Gasteiger partial charge in [-0.25, -0.2) is 0 Å². The number of hydrogen-bond acceptors (Lipinski definition) is 4. The number of hydrogen-bond donors (Lipinski definition) is 2. The summed E-state index contributed by atoms with van der Waals surface area (Å²) in [5.41, 5.74) is 3.44. The number of aromatic amines is 1. The van der Waals surface area contributed by atoms with E-state index in [0.717, 1.165) is 55.7 Å². The molecule has 6 heteroatoms. The summed E-state index contributed by atoms with van der Waals surface area (Å²) in [5, 5.41) is 11.4. The van der Waals surface area contributed by atoms with E-state index < -0.39 is 0 Å². The summed E-state index contributed by atoms with van der Waals surface area (Å²) < 4.78 is 12.6. The molecule has 0 saturated heterocycles. The second-order valence-corrected chi connectivity index (χ2v) is 9.34. The van der Waals surface area contributed by atoms with Crippen LogP contribution in [0, 0.1) is 0 Å². The van der Waals surface area contributed by atoms with Crippen LogP contribution in [0.15, 0.2) is 54.7 Å². The van der Waals surface area contributed by atoms with Crippen LogP contribution in [0.25, 0.3) is 0 Å². The summed E-state index contributed by atoms with van der Waals surface area (Å²) in [5.74, 6) is 1.94. The summed E-state index contributed by atoms with van der Waals surface area (Å²) in [7, 11) is 0. The maximum atomic E-state index is 6.36. The van der Waals surface area contributed by atoms with Gasteiger partial charge < -0.3 is 14.8 Å². The minimum absolute atomic E-state index is 0.136. The van der Waals surface area contributed by atoms with E-state index in [-0.39, 0.29) is 18.2 Å². The number of ether oxygens (including phenoxy) is 2. The Bertz CT molecular complexity index is 1030. The van der Waals surface area contributed by atoms with E-state index >= 15 is 0 Å². The molecule has 2 unspecified atom stereocenters. The van der Waals surface area contributed by atoms with Gasteiger partial charge in [-0.1, -0.05) is 41.9 Å². The minimum atomic E-state index is 0.136. The van der Waals surface area contributed by atoms with Gasteiger partial charge in [0.15, 0.2) is 0 Å². The predicted octanol–water partition coefficient (Wildman–Crippen LogP) is 6.17. The first-order valence-corrected chi connectivity index (χ1v) is 12.0. The van der Waals surface area contributed by atoms with Crippen molar-refractivity contribution >= 4 is 11.6 Å². The van der Waals surface area contributed by atoms with E-state index in [0.29, 0.717) is 11.1 Å². The maximum Gasteiger partial charge on any atom is 0.124 e. The molecule has 1 aliphatic carbocycles. The molecular weight excluding hydrogens is 422 g/mol. The quantitative estimate of drug-likeness (QED) is 0.470. The van der Waals surface area contributed by atoms with Gasteiger partial charge in [0.2, 0.25) is 0 Å². The first kappa shape index (κ1) is 21.4. The van der Waals surface area contributed by atoms with Gasteiger partial charge in [-0.15, -0.1) is 0 Å². The van der Waals surface area contributed by atoms with Gasteiger partial charge in [0.25, 0.3) is 0 Å². The molecule has 2 aliphatic rings. The van der Waals surface area contributed by atoms with Crippen molar-refractivity contribution in [2.75, 3.05) is 0 Å². The molecule has 0 spiro atoms. The zero-order chi connectivity index (χ0) is 21.9. The summed E-state index contributed by atoms with van der Waals surface area (Å²) in [4.78, 5) is 0. The molecule has 0 amide bonds. The summed E-state index contributed by atoms with van der Waals surface area (Å²) in [6.45, 7) is 2.12. The van der Waals surface area contributed by atoms with Gasteiger partial charge in [0.1, 0.15) is 17.6 Å². The standard InChI is InChI=1S/C26H30ClN3O2/c1-17(26-23(27)16-28-30-26)29-20-8-10-21(11-9-20)31-22-12-14-25-19(15-22)7-13-24(32-25)18-5-3-2-4-6-18/h2-6,12,14-17,20-21,24,29H,7-11,13H2,1H3,(H,28,30). The molecule has 1 fully saturated rings. The molecule has 2 N–H and O–H groups in total. The van der Waals surface area contributed by atoms with E-state index in [9.17, 15) is 0 Å². The Morgan fingerprint density at radius 3 is 2.66 bits per heavy atom. The van der Waals surface area contributed by atoms with Gasteiger partial charge in [0, 0.05) is 12.1 Å². The lowest BCUT2D eigenvalue weighted by molar-refractivity contribution is 0.135. The van der Waals surface area contributed by atoms with Crippen LogP contribution in [0.1, 0.15) is 68.0 Å². The first-order valence-electron chi connectivity index (χ1n) is 11.6. The monoisotopic (exact) mass is 451 g/mol. The number of nitrogens with one attached hydrogen (secondary N) is 2. The molecule has 0 bridgehead atoms. The van der Waals surface area contributed by atoms with Crippen molar-refractivity contribution in [1.29, 1.82) is 0 Å². The molecule has 1 saturated carbocycles. The van der Waals surface area contributed by atoms with E-state index in [1.165, 1.54) is 11.1 Å². The fourth-order valence-corrected chi connectivity index (χ4v) is 5.16. The molecule has 0 radical (unpaired) electrons. The number of fused-ring (bicyclic) bond motifs is 1. The smallest absolute Gasteiger partial charge is 0.124 e. The lowest BCUT2D eigenvalue weighted by atomic mass is 9.92. The van der Waals surface area contributed by atoms with Crippen molar-refractivity contribution in [3.05, 3.63) is 76.6 Å². The van der Waals surface area contributed by atoms with Crippen LogP contribution in [0.4, 0.5) is 0 Å². The Kier molecular flexibility index (Phi) is 6.37. The molecule has 5 nitrogen and oxygen atoms in total. The molecule has 168 valence electrons. The zero-order valence-corrected chi connectivity index (χ0v) is 19.1. The van der Waals surface area contributed by atoms with Crippen LogP contribution < -0.4 is 14.8 Å². The van der Waals surface area contributed by atoms with Crippen LogP contribution >= 0.6 is 11.6 Å². The van der Waals surface area contributed by atoms with Crippen LogP contribution in [-0.2, 0) is 6.42 Å². The van der Waals surface area contributed by atoms with Gasteiger partial charge in [-0.3, -0.25) is 5.10 Å². The largest absolute Gasteiger partial charge is 0.490 e. The van der Waals surface area contributed by atoms with Crippen LogP contribution in [0.3, 0.4) is 0 Å². The maximum absolute atomic E-state index is 6.36. The lowest BCUT2D eigenvalue weighted by Gasteiger charge is -2.32. The minimum Gasteiger partial charge on any atom is -0.490 e. The van der Waals surface area contributed by atoms with Crippen molar-refractivity contribution in [2.24, 2.45) is 0 Å². The number of H-pyrrole nitrogens is 1. The third kappa shape index (κ3) is 4.79.